The lowest BCUT2D eigenvalue weighted by Gasteiger charge is -2.12. The van der Waals surface area contributed by atoms with Crippen molar-refractivity contribution >= 4 is 29.1 Å². The maximum atomic E-state index is 5.41. The molecule has 0 saturated heterocycles. The molecule has 2 aromatic rings. The lowest BCUT2D eigenvalue weighted by atomic mass is 10.2. The summed E-state index contributed by atoms with van der Waals surface area (Å²) in [5, 5.41) is 3.86. The molecule has 0 aliphatic carbocycles. The second-order valence-electron chi connectivity index (χ2n) is 4.10. The van der Waals surface area contributed by atoms with Gasteiger partial charge in [-0.2, -0.15) is 0 Å². The molecule has 2 rings (SSSR count). The molecule has 0 unspecified atom stereocenters. The van der Waals surface area contributed by atoms with E-state index in [1.807, 2.05) is 31.4 Å². The van der Waals surface area contributed by atoms with Gasteiger partial charge < -0.3 is 15.5 Å². The van der Waals surface area contributed by atoms with Gasteiger partial charge in [0, 0.05) is 6.07 Å². The van der Waals surface area contributed by atoms with Gasteiger partial charge >= 0.3 is 0 Å². The van der Waals surface area contributed by atoms with Crippen LogP contribution in [0.25, 0.3) is 0 Å². The van der Waals surface area contributed by atoms with Crippen LogP contribution in [-0.2, 0) is 0 Å². The van der Waals surface area contributed by atoms with Gasteiger partial charge in [-0.15, -0.1) is 0 Å². The largest absolute Gasteiger partial charge is 0.495 e. The summed E-state index contributed by atoms with van der Waals surface area (Å²) in [6.07, 6.45) is 1.91. The number of hydrogen-bond donors (Lipinski definition) is 3. The van der Waals surface area contributed by atoms with Gasteiger partial charge in [0.05, 0.1) is 12.8 Å². The molecule has 106 valence electrons. The summed E-state index contributed by atoms with van der Waals surface area (Å²) in [7, 11) is 1.63. The number of nitrogens with zero attached hydrogens (tertiary/aromatic N) is 2. The molecule has 6 nitrogen and oxygen atoms in total. The number of anilines is 3. The highest BCUT2D eigenvalue weighted by Crippen LogP contribution is 2.29. The van der Waals surface area contributed by atoms with Crippen molar-refractivity contribution < 1.29 is 4.74 Å². The average Bonchev–Trinajstić information content (AvgIpc) is 2.47. The number of hydrogen-bond acceptors (Lipinski definition) is 7. The molecule has 1 aromatic carbocycles. The Bertz CT molecular complexity index is 583. The second-order valence-corrected chi connectivity index (χ2v) is 4.87. The Balaban J connectivity index is 2.36. The third-order valence-corrected chi connectivity index (χ3v) is 3.20. The van der Waals surface area contributed by atoms with Crippen LogP contribution in [-0.4, -0.2) is 23.3 Å². The number of nitrogen functional groups attached to an aromatic ring is 1. The van der Waals surface area contributed by atoms with Crippen LogP contribution < -0.4 is 21.3 Å². The van der Waals surface area contributed by atoms with E-state index in [1.165, 1.54) is 11.8 Å². The Morgan fingerprint density at radius 3 is 2.60 bits per heavy atom. The first-order valence-corrected chi connectivity index (χ1v) is 7.20. The summed E-state index contributed by atoms with van der Waals surface area (Å²) >= 11 is 1.45. The van der Waals surface area contributed by atoms with Crippen molar-refractivity contribution in [3.05, 3.63) is 29.8 Å². The van der Waals surface area contributed by atoms with Crippen molar-refractivity contribution in [3.8, 4) is 5.75 Å². The van der Waals surface area contributed by atoms with Crippen LogP contribution in [0.2, 0.25) is 0 Å². The van der Waals surface area contributed by atoms with E-state index in [0.717, 1.165) is 17.0 Å². The fourth-order valence-corrected chi connectivity index (χ4v) is 2.09. The Morgan fingerprint density at radius 2 is 1.95 bits per heavy atom. The first-order chi connectivity index (χ1) is 9.66. The van der Waals surface area contributed by atoms with Crippen LogP contribution in [0, 0.1) is 6.92 Å². The molecule has 0 aliphatic heterocycles. The van der Waals surface area contributed by atoms with Crippen LogP contribution in [0.4, 0.5) is 17.3 Å². The molecular weight excluding hydrogens is 274 g/mol. The summed E-state index contributed by atoms with van der Waals surface area (Å²) in [5.41, 5.74) is 4.51. The quantitative estimate of drug-likeness (QED) is 0.338. The minimum Gasteiger partial charge on any atom is -0.495 e. The number of aromatic nitrogens is 2. The average molecular weight is 291 g/mol. The predicted octanol–water partition coefficient (Wildman–Crippen LogP) is 2.54. The number of nitrogens with one attached hydrogen (secondary N) is 2. The van der Waals surface area contributed by atoms with Crippen LogP contribution in [0.15, 0.2) is 29.4 Å². The third-order valence-electron chi connectivity index (χ3n) is 2.65. The van der Waals surface area contributed by atoms with Gasteiger partial charge in [0.1, 0.15) is 17.4 Å². The van der Waals surface area contributed by atoms with E-state index in [9.17, 15) is 0 Å². The number of hydrazine groups is 1. The van der Waals surface area contributed by atoms with Crippen LogP contribution in [0.5, 0.6) is 5.75 Å². The zero-order chi connectivity index (χ0) is 14.5. The number of nitrogens with two attached hydrogens (primary N) is 1. The van der Waals surface area contributed by atoms with Gasteiger partial charge in [0.15, 0.2) is 5.16 Å². The number of ether oxygens (including phenoxy) is 1. The molecule has 0 saturated carbocycles. The molecule has 1 aromatic heterocycles. The molecule has 0 aliphatic rings. The van der Waals surface area contributed by atoms with Crippen LogP contribution in [0.3, 0.4) is 0 Å². The zero-order valence-corrected chi connectivity index (χ0v) is 12.4. The van der Waals surface area contributed by atoms with Crippen molar-refractivity contribution in [1.29, 1.82) is 0 Å². The van der Waals surface area contributed by atoms with E-state index < -0.39 is 0 Å². The number of thioether (sulfide) groups is 1. The van der Waals surface area contributed by atoms with E-state index in [2.05, 4.69) is 20.7 Å². The summed E-state index contributed by atoms with van der Waals surface area (Å²) in [5.74, 6) is 7.37. The topological polar surface area (TPSA) is 85.1 Å². The van der Waals surface area contributed by atoms with Crippen LogP contribution in [0.1, 0.15) is 5.56 Å². The molecule has 7 heteroatoms. The highest BCUT2D eigenvalue weighted by atomic mass is 32.2. The van der Waals surface area contributed by atoms with Crippen molar-refractivity contribution in [2.24, 2.45) is 5.84 Å². The third kappa shape index (κ3) is 3.31. The summed E-state index contributed by atoms with van der Waals surface area (Å²) in [4.78, 5) is 8.61. The summed E-state index contributed by atoms with van der Waals surface area (Å²) in [6, 6.07) is 7.64. The fourth-order valence-electron chi connectivity index (χ4n) is 1.71. The Labute approximate surface area is 122 Å². The van der Waals surface area contributed by atoms with Crippen molar-refractivity contribution in [1.82, 2.24) is 9.97 Å². The Hall–Kier alpha value is -1.99. The summed E-state index contributed by atoms with van der Waals surface area (Å²) < 4.78 is 5.33. The van der Waals surface area contributed by atoms with Crippen molar-refractivity contribution in [2.75, 3.05) is 24.1 Å². The van der Waals surface area contributed by atoms with E-state index in [0.29, 0.717) is 16.8 Å². The predicted molar refractivity (Wildman–Crippen MR) is 82.6 cm³/mol. The summed E-state index contributed by atoms with van der Waals surface area (Å²) in [6.45, 7) is 2.02. The van der Waals surface area contributed by atoms with E-state index in [4.69, 9.17) is 10.6 Å². The van der Waals surface area contributed by atoms with E-state index in [-0.39, 0.29) is 0 Å². The molecule has 0 radical (unpaired) electrons. The molecule has 0 fully saturated rings. The smallest absolute Gasteiger partial charge is 0.191 e. The van der Waals surface area contributed by atoms with Gasteiger partial charge in [0.25, 0.3) is 0 Å². The SMILES string of the molecule is COc1ccc(C)cc1Nc1cc(NN)nc(SC)n1. The number of methoxy groups -OCH3 is 1. The van der Waals surface area contributed by atoms with Gasteiger partial charge in [0.2, 0.25) is 0 Å². The number of rotatable bonds is 5. The normalized spacial score (nSPS) is 10.2. The van der Waals surface area contributed by atoms with Gasteiger partial charge in [-0.05, 0) is 30.9 Å². The van der Waals surface area contributed by atoms with E-state index in [1.54, 1.807) is 13.2 Å². The highest BCUT2D eigenvalue weighted by Gasteiger charge is 2.07. The van der Waals surface area contributed by atoms with Gasteiger partial charge in [-0.3, -0.25) is 0 Å². The zero-order valence-electron chi connectivity index (χ0n) is 11.6. The first-order valence-electron chi connectivity index (χ1n) is 5.97. The molecule has 4 N–H and O–H groups in total. The van der Waals surface area contributed by atoms with Gasteiger partial charge in [-0.1, -0.05) is 17.8 Å². The Morgan fingerprint density at radius 1 is 1.20 bits per heavy atom. The highest BCUT2D eigenvalue weighted by molar-refractivity contribution is 7.98. The monoisotopic (exact) mass is 291 g/mol. The number of aryl methyl sites for hydroxylation is 1. The fraction of sp³-hybridized carbons (Fsp3) is 0.231. The molecule has 0 spiro atoms. The maximum Gasteiger partial charge on any atom is 0.191 e. The minimum atomic E-state index is 0.554. The molecule has 0 amide bonds. The molecular formula is C13H17N5OS. The molecule has 1 heterocycles. The van der Waals surface area contributed by atoms with Gasteiger partial charge in [-0.25, -0.2) is 15.8 Å². The Kier molecular flexibility index (Phi) is 4.65. The van der Waals surface area contributed by atoms with Crippen molar-refractivity contribution in [3.63, 3.8) is 0 Å². The lowest BCUT2D eigenvalue weighted by Crippen LogP contribution is -2.10. The molecule has 0 atom stereocenters. The number of benzene rings is 1. The lowest BCUT2D eigenvalue weighted by molar-refractivity contribution is 0.416. The van der Waals surface area contributed by atoms with E-state index >= 15 is 0 Å². The standard InChI is InChI=1S/C13H17N5OS/c1-8-4-5-10(19-2)9(6-8)15-11-7-12(18-14)17-13(16-11)20-3/h4-7H,14H2,1-3H3,(H2,15,16,17,18). The van der Waals surface area contributed by atoms with Crippen LogP contribution >= 0.6 is 11.8 Å². The van der Waals surface area contributed by atoms with Crippen molar-refractivity contribution in [2.45, 2.75) is 12.1 Å². The molecule has 20 heavy (non-hydrogen) atoms. The first kappa shape index (κ1) is 14.4. The second kappa shape index (κ2) is 6.44. The maximum absolute atomic E-state index is 5.41. The molecule has 0 bridgehead atoms. The minimum absolute atomic E-state index is 0.554.